The summed E-state index contributed by atoms with van der Waals surface area (Å²) in [5.41, 5.74) is 2.34. The standard InChI is InChI=1S/C22H35N5O2.HI/c1-3-23-22(24-15-18(2)26-11-13-29-14-12-26)25-16-19-6-8-20(9-7-19)17-27-10-4-5-21(27)28;/h6-9,18H,3-5,10-17H2,1-2H3,(H2,23,24,25);1H. The summed E-state index contributed by atoms with van der Waals surface area (Å²) in [6.45, 7) is 11.9. The molecule has 2 fully saturated rings. The minimum Gasteiger partial charge on any atom is -0.379 e. The number of hydrogen-bond acceptors (Lipinski definition) is 4. The number of carbonyl (C=O) groups is 1. The van der Waals surface area contributed by atoms with Crippen LogP contribution < -0.4 is 10.6 Å². The highest BCUT2D eigenvalue weighted by atomic mass is 127. The number of carbonyl (C=O) groups excluding carboxylic acids is 1. The zero-order valence-electron chi connectivity index (χ0n) is 18.2. The lowest BCUT2D eigenvalue weighted by molar-refractivity contribution is -0.128. The minimum atomic E-state index is 0. The molecule has 2 N–H and O–H groups in total. The van der Waals surface area contributed by atoms with Crippen LogP contribution in [0.5, 0.6) is 0 Å². The van der Waals surface area contributed by atoms with Gasteiger partial charge in [-0.1, -0.05) is 24.3 Å². The topological polar surface area (TPSA) is 69.2 Å². The fourth-order valence-electron chi connectivity index (χ4n) is 3.75. The monoisotopic (exact) mass is 529 g/mol. The Bertz CT molecular complexity index is 677. The van der Waals surface area contributed by atoms with Gasteiger partial charge < -0.3 is 20.3 Å². The number of rotatable bonds is 8. The molecule has 0 bridgehead atoms. The number of ether oxygens (including phenoxy) is 1. The van der Waals surface area contributed by atoms with Gasteiger partial charge in [0.1, 0.15) is 0 Å². The van der Waals surface area contributed by atoms with E-state index in [9.17, 15) is 4.79 Å². The van der Waals surface area contributed by atoms with Gasteiger partial charge in [0.05, 0.1) is 19.8 Å². The highest BCUT2D eigenvalue weighted by molar-refractivity contribution is 14.0. The van der Waals surface area contributed by atoms with Crippen LogP contribution in [-0.2, 0) is 22.6 Å². The van der Waals surface area contributed by atoms with Crippen LogP contribution >= 0.6 is 24.0 Å². The molecule has 1 amide bonds. The second-order valence-corrected chi connectivity index (χ2v) is 7.81. The van der Waals surface area contributed by atoms with Gasteiger partial charge in [-0.15, -0.1) is 24.0 Å². The molecule has 30 heavy (non-hydrogen) atoms. The maximum absolute atomic E-state index is 11.8. The molecule has 0 radical (unpaired) electrons. The molecule has 1 aromatic carbocycles. The fourth-order valence-corrected chi connectivity index (χ4v) is 3.75. The first-order valence-electron chi connectivity index (χ1n) is 10.8. The Labute approximate surface area is 197 Å². The van der Waals surface area contributed by atoms with Crippen LogP contribution in [0.4, 0.5) is 0 Å². The van der Waals surface area contributed by atoms with E-state index in [1.807, 2.05) is 4.90 Å². The largest absolute Gasteiger partial charge is 0.379 e. The molecule has 0 aliphatic carbocycles. The van der Waals surface area contributed by atoms with E-state index in [1.54, 1.807) is 0 Å². The van der Waals surface area contributed by atoms with Gasteiger partial charge in [-0.05, 0) is 31.4 Å². The third-order valence-electron chi connectivity index (χ3n) is 5.57. The van der Waals surface area contributed by atoms with E-state index in [4.69, 9.17) is 9.73 Å². The number of likely N-dealkylation sites (tertiary alicyclic amines) is 1. The summed E-state index contributed by atoms with van der Waals surface area (Å²) in [6.07, 6.45) is 1.67. The number of guanidine groups is 1. The number of hydrogen-bond donors (Lipinski definition) is 2. The number of halogens is 1. The summed E-state index contributed by atoms with van der Waals surface area (Å²) >= 11 is 0. The van der Waals surface area contributed by atoms with Crippen molar-refractivity contribution in [2.75, 3.05) is 45.9 Å². The van der Waals surface area contributed by atoms with Crippen molar-refractivity contribution >= 4 is 35.8 Å². The average molecular weight is 529 g/mol. The van der Waals surface area contributed by atoms with Crippen molar-refractivity contribution in [3.63, 3.8) is 0 Å². The smallest absolute Gasteiger partial charge is 0.222 e. The van der Waals surface area contributed by atoms with Gasteiger partial charge in [0, 0.05) is 51.7 Å². The third kappa shape index (κ3) is 7.70. The number of morpholine rings is 1. The van der Waals surface area contributed by atoms with E-state index in [2.05, 4.69) is 53.6 Å². The van der Waals surface area contributed by atoms with Gasteiger partial charge in [0.2, 0.25) is 5.91 Å². The quantitative estimate of drug-likeness (QED) is 0.307. The van der Waals surface area contributed by atoms with E-state index >= 15 is 0 Å². The van der Waals surface area contributed by atoms with Crippen LogP contribution in [0.25, 0.3) is 0 Å². The minimum absolute atomic E-state index is 0. The van der Waals surface area contributed by atoms with E-state index < -0.39 is 0 Å². The molecule has 0 saturated carbocycles. The van der Waals surface area contributed by atoms with Gasteiger partial charge in [0.15, 0.2) is 5.96 Å². The van der Waals surface area contributed by atoms with Crippen molar-refractivity contribution in [3.05, 3.63) is 35.4 Å². The summed E-state index contributed by atoms with van der Waals surface area (Å²) < 4.78 is 5.43. The van der Waals surface area contributed by atoms with Gasteiger partial charge in [0.25, 0.3) is 0 Å². The first-order valence-corrected chi connectivity index (χ1v) is 10.8. The maximum atomic E-state index is 11.8. The molecular formula is C22H36IN5O2. The Hall–Kier alpha value is -1.39. The van der Waals surface area contributed by atoms with E-state index in [0.29, 0.717) is 25.6 Å². The van der Waals surface area contributed by atoms with Crippen LogP contribution in [0.1, 0.15) is 37.8 Å². The highest BCUT2D eigenvalue weighted by Gasteiger charge is 2.20. The zero-order valence-corrected chi connectivity index (χ0v) is 20.6. The average Bonchev–Trinajstić information content (AvgIpc) is 3.16. The van der Waals surface area contributed by atoms with Crippen molar-refractivity contribution in [2.45, 2.75) is 45.8 Å². The van der Waals surface area contributed by atoms with Crippen molar-refractivity contribution in [2.24, 2.45) is 4.99 Å². The molecule has 1 atom stereocenters. The molecule has 8 heteroatoms. The number of nitrogens with one attached hydrogen (secondary N) is 2. The van der Waals surface area contributed by atoms with Crippen LogP contribution in [0.3, 0.4) is 0 Å². The van der Waals surface area contributed by atoms with Gasteiger partial charge in [-0.3, -0.25) is 9.69 Å². The summed E-state index contributed by atoms with van der Waals surface area (Å²) in [6, 6.07) is 8.88. The second kappa shape index (κ2) is 13.1. The van der Waals surface area contributed by atoms with Crippen LogP contribution in [0, 0.1) is 0 Å². The Morgan fingerprint density at radius 1 is 1.13 bits per heavy atom. The summed E-state index contributed by atoms with van der Waals surface area (Å²) in [7, 11) is 0. The molecule has 2 aliphatic heterocycles. The van der Waals surface area contributed by atoms with Gasteiger partial charge in [-0.25, -0.2) is 4.99 Å². The summed E-state index contributed by atoms with van der Waals surface area (Å²) in [5, 5.41) is 6.79. The Kier molecular flexibility index (Phi) is 10.9. The SMILES string of the molecule is CCNC(=NCc1ccc(CN2CCCC2=O)cc1)NCC(C)N1CCOCC1.I. The fraction of sp³-hybridized carbons (Fsp3) is 0.636. The molecular weight excluding hydrogens is 493 g/mol. The summed E-state index contributed by atoms with van der Waals surface area (Å²) in [4.78, 5) is 20.9. The summed E-state index contributed by atoms with van der Waals surface area (Å²) in [5.74, 6) is 1.12. The second-order valence-electron chi connectivity index (χ2n) is 7.81. The molecule has 1 aromatic rings. The van der Waals surface area contributed by atoms with Crippen molar-refractivity contribution < 1.29 is 9.53 Å². The van der Waals surface area contributed by atoms with Gasteiger partial charge >= 0.3 is 0 Å². The number of benzene rings is 1. The van der Waals surface area contributed by atoms with Crippen LogP contribution in [0.15, 0.2) is 29.3 Å². The molecule has 3 rings (SSSR count). The predicted octanol–water partition coefficient (Wildman–Crippen LogP) is 2.20. The van der Waals surface area contributed by atoms with Gasteiger partial charge in [-0.2, -0.15) is 0 Å². The van der Waals surface area contributed by atoms with Crippen molar-refractivity contribution in [3.8, 4) is 0 Å². The molecule has 2 saturated heterocycles. The van der Waals surface area contributed by atoms with E-state index in [0.717, 1.165) is 58.3 Å². The molecule has 2 aliphatic rings. The number of aliphatic imine (C=N–C) groups is 1. The highest BCUT2D eigenvalue weighted by Crippen LogP contribution is 2.15. The van der Waals surface area contributed by atoms with Crippen molar-refractivity contribution in [1.82, 2.24) is 20.4 Å². The molecule has 0 aromatic heterocycles. The zero-order chi connectivity index (χ0) is 20.5. The first kappa shape index (κ1) is 24.9. The lowest BCUT2D eigenvalue weighted by Gasteiger charge is -2.32. The first-order chi connectivity index (χ1) is 14.2. The number of nitrogens with zero attached hydrogens (tertiary/aromatic N) is 3. The Balaban J connectivity index is 0.00000320. The molecule has 2 heterocycles. The lowest BCUT2D eigenvalue weighted by Crippen LogP contribution is -2.49. The predicted molar refractivity (Wildman–Crippen MR) is 131 cm³/mol. The van der Waals surface area contributed by atoms with E-state index in [1.165, 1.54) is 11.1 Å². The number of amides is 1. The third-order valence-corrected chi connectivity index (χ3v) is 5.57. The lowest BCUT2D eigenvalue weighted by atomic mass is 10.1. The molecule has 1 unspecified atom stereocenters. The van der Waals surface area contributed by atoms with Crippen LogP contribution in [0.2, 0.25) is 0 Å². The molecule has 7 nitrogen and oxygen atoms in total. The van der Waals surface area contributed by atoms with Crippen LogP contribution in [-0.4, -0.2) is 73.6 Å². The van der Waals surface area contributed by atoms with Crippen molar-refractivity contribution in [1.29, 1.82) is 0 Å². The maximum Gasteiger partial charge on any atom is 0.222 e. The Morgan fingerprint density at radius 2 is 1.83 bits per heavy atom. The normalized spacial score (nSPS) is 18.8. The van der Waals surface area contributed by atoms with E-state index in [-0.39, 0.29) is 29.9 Å². The Morgan fingerprint density at radius 3 is 2.47 bits per heavy atom. The molecule has 0 spiro atoms. The molecule has 168 valence electrons.